The standard InChI is InChI=1S/C30H36F2N4O2/c1-19-3-4-25-26(11-19)34-18-30(25)7-10-35(16-20(30)2)17-27(37)21-5-8-36(9-6-21)29-33-15-28(38-29)22-12-23(31)14-24(32)13-22/h3-4,11-15,20-21,27,34,37H,5-10,16-18H2,1-2H3. The minimum absolute atomic E-state index is 0.183. The van der Waals surface area contributed by atoms with Crippen LogP contribution in [-0.4, -0.2) is 60.4 Å². The van der Waals surface area contributed by atoms with Crippen molar-refractivity contribution in [3.8, 4) is 11.3 Å². The normalized spacial score (nSPS) is 25.0. The van der Waals surface area contributed by atoms with E-state index in [-0.39, 0.29) is 17.4 Å². The Labute approximate surface area is 222 Å². The summed E-state index contributed by atoms with van der Waals surface area (Å²) < 4.78 is 33.0. The van der Waals surface area contributed by atoms with Crippen LogP contribution in [0.25, 0.3) is 11.3 Å². The number of benzene rings is 2. The van der Waals surface area contributed by atoms with Crippen molar-refractivity contribution in [2.45, 2.75) is 44.6 Å². The lowest BCUT2D eigenvalue weighted by Crippen LogP contribution is -2.52. The van der Waals surface area contributed by atoms with E-state index in [1.54, 1.807) is 0 Å². The third kappa shape index (κ3) is 4.69. The van der Waals surface area contributed by atoms with Crippen LogP contribution in [0.4, 0.5) is 20.5 Å². The van der Waals surface area contributed by atoms with Crippen LogP contribution in [0.15, 0.2) is 47.0 Å². The first kappa shape index (κ1) is 25.3. The lowest BCUT2D eigenvalue weighted by Gasteiger charge is -2.46. The predicted octanol–water partition coefficient (Wildman–Crippen LogP) is 5.21. The van der Waals surface area contributed by atoms with E-state index in [4.69, 9.17) is 4.42 Å². The average molecular weight is 523 g/mol. The summed E-state index contributed by atoms with van der Waals surface area (Å²) in [5, 5.41) is 14.8. The topological polar surface area (TPSA) is 64.8 Å². The zero-order chi connectivity index (χ0) is 26.4. The number of aliphatic hydroxyl groups excluding tert-OH is 1. The van der Waals surface area contributed by atoms with Gasteiger partial charge in [0.15, 0.2) is 5.76 Å². The SMILES string of the molecule is Cc1ccc2c(c1)NCC21CCN(CC(O)C2CCN(c3ncc(-c4cc(F)cc(F)c4)o3)CC2)CC1C. The van der Waals surface area contributed by atoms with Crippen LogP contribution in [0.1, 0.15) is 37.3 Å². The summed E-state index contributed by atoms with van der Waals surface area (Å²) in [5.74, 6) is -0.224. The van der Waals surface area contributed by atoms with Crippen LogP contribution < -0.4 is 10.2 Å². The van der Waals surface area contributed by atoms with E-state index in [1.807, 2.05) is 4.90 Å². The fraction of sp³-hybridized carbons (Fsp3) is 0.500. The van der Waals surface area contributed by atoms with Gasteiger partial charge in [0.1, 0.15) is 11.6 Å². The Bertz CT molecular complexity index is 1280. The molecule has 3 unspecified atom stereocenters. The van der Waals surface area contributed by atoms with Gasteiger partial charge in [0, 0.05) is 55.5 Å². The number of hydrogen-bond donors (Lipinski definition) is 2. The molecular weight excluding hydrogens is 486 g/mol. The maximum Gasteiger partial charge on any atom is 0.297 e. The molecule has 1 spiro atoms. The highest BCUT2D eigenvalue weighted by molar-refractivity contribution is 5.62. The highest BCUT2D eigenvalue weighted by Gasteiger charge is 2.46. The first-order valence-corrected chi connectivity index (χ1v) is 13.7. The monoisotopic (exact) mass is 522 g/mol. The fourth-order valence-corrected chi connectivity index (χ4v) is 6.80. The third-order valence-corrected chi connectivity index (χ3v) is 9.10. The number of halogens is 2. The summed E-state index contributed by atoms with van der Waals surface area (Å²) in [7, 11) is 0. The summed E-state index contributed by atoms with van der Waals surface area (Å²) in [6.45, 7) is 9.63. The van der Waals surface area contributed by atoms with Crippen molar-refractivity contribution in [1.29, 1.82) is 0 Å². The number of fused-ring (bicyclic) bond motifs is 2. The van der Waals surface area contributed by atoms with Crippen LogP contribution in [0, 0.1) is 30.4 Å². The molecule has 2 saturated heterocycles. The molecule has 3 aliphatic rings. The van der Waals surface area contributed by atoms with Crippen LogP contribution in [0.3, 0.4) is 0 Å². The van der Waals surface area contributed by atoms with Crippen molar-refractivity contribution in [3.05, 3.63) is 65.4 Å². The van der Waals surface area contributed by atoms with Crippen molar-refractivity contribution in [2.24, 2.45) is 11.8 Å². The van der Waals surface area contributed by atoms with E-state index in [0.29, 0.717) is 29.8 Å². The first-order valence-electron chi connectivity index (χ1n) is 13.7. The average Bonchev–Trinajstić information content (AvgIpc) is 3.52. The lowest BCUT2D eigenvalue weighted by atomic mass is 9.67. The number of nitrogens with zero attached hydrogens (tertiary/aromatic N) is 3. The number of aryl methyl sites for hydroxylation is 1. The van der Waals surface area contributed by atoms with Gasteiger partial charge < -0.3 is 24.6 Å². The number of piperidine rings is 2. The second-order valence-electron chi connectivity index (χ2n) is 11.5. The molecule has 3 aliphatic heterocycles. The van der Waals surface area contributed by atoms with E-state index in [2.05, 4.69) is 47.2 Å². The van der Waals surface area contributed by atoms with Gasteiger partial charge in [0.05, 0.1) is 12.3 Å². The molecule has 2 aromatic carbocycles. The Morgan fingerprint density at radius 1 is 1.13 bits per heavy atom. The Hall–Kier alpha value is -2.97. The van der Waals surface area contributed by atoms with Gasteiger partial charge in [-0.15, -0.1) is 0 Å². The van der Waals surface area contributed by atoms with E-state index in [9.17, 15) is 13.9 Å². The molecule has 6 rings (SSSR count). The number of β-amino-alcohol motifs (C(OH)–C–C–N with tert-alkyl or cyclic N) is 1. The van der Waals surface area contributed by atoms with E-state index >= 15 is 0 Å². The van der Waals surface area contributed by atoms with Crippen LogP contribution in [0.5, 0.6) is 0 Å². The van der Waals surface area contributed by atoms with E-state index in [1.165, 1.54) is 35.1 Å². The lowest BCUT2D eigenvalue weighted by molar-refractivity contribution is 0.0242. The molecule has 2 fully saturated rings. The number of nitrogens with one attached hydrogen (secondary N) is 1. The number of hydrogen-bond acceptors (Lipinski definition) is 6. The molecule has 0 amide bonds. The van der Waals surface area contributed by atoms with Crippen molar-refractivity contribution in [3.63, 3.8) is 0 Å². The largest absolute Gasteiger partial charge is 0.423 e. The minimum atomic E-state index is -0.647. The number of oxazole rings is 1. The quantitative estimate of drug-likeness (QED) is 0.480. The molecule has 2 N–H and O–H groups in total. The molecule has 38 heavy (non-hydrogen) atoms. The van der Waals surface area contributed by atoms with Crippen LogP contribution >= 0.6 is 0 Å². The highest BCUT2D eigenvalue weighted by atomic mass is 19.1. The second kappa shape index (κ2) is 9.97. The molecule has 1 aromatic heterocycles. The van der Waals surface area contributed by atoms with Crippen molar-refractivity contribution in [2.75, 3.05) is 49.5 Å². The number of likely N-dealkylation sites (tertiary alicyclic amines) is 1. The molecule has 0 saturated carbocycles. The van der Waals surface area contributed by atoms with Gasteiger partial charge in [-0.05, 0) is 73.9 Å². The molecule has 0 aliphatic carbocycles. The molecule has 202 valence electrons. The van der Waals surface area contributed by atoms with Gasteiger partial charge in [-0.1, -0.05) is 19.1 Å². The Morgan fingerprint density at radius 3 is 2.63 bits per heavy atom. The summed E-state index contributed by atoms with van der Waals surface area (Å²) in [4.78, 5) is 8.83. The summed E-state index contributed by atoms with van der Waals surface area (Å²) >= 11 is 0. The van der Waals surface area contributed by atoms with Crippen LogP contribution in [-0.2, 0) is 5.41 Å². The zero-order valence-corrected chi connectivity index (χ0v) is 22.1. The number of anilines is 2. The highest BCUT2D eigenvalue weighted by Crippen LogP contribution is 2.47. The molecule has 0 radical (unpaired) electrons. The second-order valence-corrected chi connectivity index (χ2v) is 11.5. The maximum atomic E-state index is 13.6. The molecule has 3 aromatic rings. The van der Waals surface area contributed by atoms with Gasteiger partial charge in [0.25, 0.3) is 6.01 Å². The molecule has 8 heteroatoms. The van der Waals surface area contributed by atoms with Gasteiger partial charge >= 0.3 is 0 Å². The number of aromatic nitrogens is 1. The molecule has 4 heterocycles. The van der Waals surface area contributed by atoms with Crippen molar-refractivity contribution < 1.29 is 18.3 Å². The minimum Gasteiger partial charge on any atom is -0.423 e. The Balaban J connectivity index is 1.02. The Kier molecular flexibility index (Phi) is 6.64. The van der Waals surface area contributed by atoms with Gasteiger partial charge in [-0.2, -0.15) is 0 Å². The fourth-order valence-electron chi connectivity index (χ4n) is 6.80. The predicted molar refractivity (Wildman–Crippen MR) is 144 cm³/mol. The maximum absolute atomic E-state index is 13.6. The van der Waals surface area contributed by atoms with Crippen molar-refractivity contribution >= 4 is 11.7 Å². The number of rotatable bonds is 5. The molecule has 3 atom stereocenters. The molecule has 0 bridgehead atoms. The number of aliphatic hydroxyl groups is 1. The zero-order valence-electron chi connectivity index (χ0n) is 22.1. The Morgan fingerprint density at radius 2 is 1.89 bits per heavy atom. The van der Waals surface area contributed by atoms with Gasteiger partial charge in [-0.3, -0.25) is 0 Å². The first-order chi connectivity index (χ1) is 18.3. The summed E-state index contributed by atoms with van der Waals surface area (Å²) in [6, 6.07) is 10.6. The molecule has 6 nitrogen and oxygen atoms in total. The van der Waals surface area contributed by atoms with Crippen LogP contribution in [0.2, 0.25) is 0 Å². The van der Waals surface area contributed by atoms with Crippen molar-refractivity contribution in [1.82, 2.24) is 9.88 Å². The third-order valence-electron chi connectivity index (χ3n) is 9.10. The van der Waals surface area contributed by atoms with Gasteiger partial charge in [-0.25, -0.2) is 13.8 Å². The van der Waals surface area contributed by atoms with Gasteiger partial charge in [0.2, 0.25) is 0 Å². The molecular formula is C30H36F2N4O2. The van der Waals surface area contributed by atoms with E-state index < -0.39 is 11.6 Å². The summed E-state index contributed by atoms with van der Waals surface area (Å²) in [6.07, 6.45) is 3.93. The smallest absolute Gasteiger partial charge is 0.297 e. The van der Waals surface area contributed by atoms with E-state index in [0.717, 1.165) is 58.1 Å². The summed E-state index contributed by atoms with van der Waals surface area (Å²) in [5.41, 5.74) is 4.55.